The summed E-state index contributed by atoms with van der Waals surface area (Å²) in [5.74, 6) is -0.119. The summed E-state index contributed by atoms with van der Waals surface area (Å²) in [6.07, 6.45) is 7.13. The van der Waals surface area contributed by atoms with Crippen LogP contribution >= 0.6 is 0 Å². The van der Waals surface area contributed by atoms with Crippen molar-refractivity contribution in [1.29, 1.82) is 0 Å². The molecule has 0 aromatic carbocycles. The zero-order valence-corrected chi connectivity index (χ0v) is 11.2. The first kappa shape index (κ1) is 13.6. The summed E-state index contributed by atoms with van der Waals surface area (Å²) in [5.41, 5.74) is 0. The van der Waals surface area contributed by atoms with E-state index >= 15 is 0 Å². The first-order chi connectivity index (χ1) is 9.16. The molecule has 5 nitrogen and oxygen atoms in total. The zero-order valence-electron chi connectivity index (χ0n) is 11.2. The first-order valence-electron chi connectivity index (χ1n) is 6.75. The predicted octanol–water partition coefficient (Wildman–Crippen LogP) is 1.80. The molecule has 0 spiro atoms. The number of nitrogens with one attached hydrogen (secondary N) is 1. The number of carbonyl (C=O) groups excluding carboxylic acids is 2. The van der Waals surface area contributed by atoms with Gasteiger partial charge in [0, 0.05) is 13.1 Å². The van der Waals surface area contributed by atoms with Crippen molar-refractivity contribution >= 4 is 11.8 Å². The highest BCUT2D eigenvalue weighted by Gasteiger charge is 2.20. The molecule has 0 saturated heterocycles. The average molecular weight is 264 g/mol. The fraction of sp³-hybridized carbons (Fsp3) is 0.571. The second-order valence-electron chi connectivity index (χ2n) is 5.04. The highest BCUT2D eigenvalue weighted by atomic mass is 16.3. The van der Waals surface area contributed by atoms with E-state index in [-0.39, 0.29) is 30.2 Å². The van der Waals surface area contributed by atoms with Crippen LogP contribution in [0.1, 0.15) is 42.7 Å². The van der Waals surface area contributed by atoms with Gasteiger partial charge in [-0.2, -0.15) is 0 Å². The third-order valence-corrected chi connectivity index (χ3v) is 3.43. The quantitative estimate of drug-likeness (QED) is 0.902. The van der Waals surface area contributed by atoms with Gasteiger partial charge in [-0.05, 0) is 25.0 Å². The largest absolute Gasteiger partial charge is 0.459 e. The Hall–Kier alpha value is -1.78. The average Bonchev–Trinajstić information content (AvgIpc) is 2.92. The van der Waals surface area contributed by atoms with E-state index in [0.29, 0.717) is 0 Å². The van der Waals surface area contributed by atoms with E-state index in [1.165, 1.54) is 30.4 Å². The topological polar surface area (TPSA) is 62.6 Å². The molecular formula is C14H20N2O3. The van der Waals surface area contributed by atoms with E-state index in [4.69, 9.17) is 4.42 Å². The lowest BCUT2D eigenvalue weighted by molar-refractivity contribution is -0.122. The van der Waals surface area contributed by atoms with Gasteiger partial charge in [0.05, 0.1) is 12.8 Å². The number of furan rings is 1. The minimum Gasteiger partial charge on any atom is -0.459 e. The van der Waals surface area contributed by atoms with E-state index in [2.05, 4.69) is 5.32 Å². The molecule has 0 atom stereocenters. The molecule has 1 saturated carbocycles. The maximum atomic E-state index is 11.9. The van der Waals surface area contributed by atoms with E-state index in [9.17, 15) is 9.59 Å². The molecule has 1 aromatic heterocycles. The van der Waals surface area contributed by atoms with Crippen molar-refractivity contribution in [1.82, 2.24) is 10.2 Å². The minimum atomic E-state index is -0.274. The highest BCUT2D eigenvalue weighted by Crippen LogP contribution is 2.17. The number of nitrogens with zero attached hydrogens (tertiary/aromatic N) is 1. The summed E-state index contributed by atoms with van der Waals surface area (Å²) in [4.78, 5) is 25.1. The fourth-order valence-electron chi connectivity index (χ4n) is 2.40. The standard InChI is InChI=1S/C14H20N2O3/c1-16(14(18)12-8-5-9-19-12)10-13(17)15-11-6-3-2-4-7-11/h5,8-9,11H,2-4,6-7,10H2,1H3,(H,15,17). The van der Waals surface area contributed by atoms with Crippen molar-refractivity contribution in [3.8, 4) is 0 Å². The number of hydrogen-bond acceptors (Lipinski definition) is 3. The Bertz CT molecular complexity index is 422. The van der Waals surface area contributed by atoms with Gasteiger partial charge in [-0.1, -0.05) is 19.3 Å². The second-order valence-corrected chi connectivity index (χ2v) is 5.04. The van der Waals surface area contributed by atoms with Crippen LogP contribution in [0.5, 0.6) is 0 Å². The van der Waals surface area contributed by atoms with Crippen LogP contribution in [-0.2, 0) is 4.79 Å². The molecule has 0 radical (unpaired) electrons. The van der Waals surface area contributed by atoms with Gasteiger partial charge in [0.2, 0.25) is 5.91 Å². The summed E-state index contributed by atoms with van der Waals surface area (Å²) in [6.45, 7) is 0.0655. The Kier molecular flexibility index (Phi) is 4.60. The zero-order chi connectivity index (χ0) is 13.7. The molecule has 2 rings (SSSR count). The molecule has 1 aromatic rings. The van der Waals surface area contributed by atoms with Crippen molar-refractivity contribution in [2.75, 3.05) is 13.6 Å². The maximum Gasteiger partial charge on any atom is 0.289 e. The van der Waals surface area contributed by atoms with E-state index in [1.54, 1.807) is 19.2 Å². The third-order valence-electron chi connectivity index (χ3n) is 3.43. The van der Waals surface area contributed by atoms with Gasteiger partial charge in [-0.15, -0.1) is 0 Å². The maximum absolute atomic E-state index is 11.9. The Morgan fingerprint density at radius 2 is 2.11 bits per heavy atom. The van der Waals surface area contributed by atoms with Crippen LogP contribution in [0.4, 0.5) is 0 Å². The van der Waals surface area contributed by atoms with Crippen molar-refractivity contribution < 1.29 is 14.0 Å². The summed E-state index contributed by atoms with van der Waals surface area (Å²) in [7, 11) is 1.60. The molecule has 1 fully saturated rings. The number of rotatable bonds is 4. The first-order valence-corrected chi connectivity index (χ1v) is 6.75. The summed E-state index contributed by atoms with van der Waals surface area (Å²) >= 11 is 0. The Morgan fingerprint density at radius 3 is 2.74 bits per heavy atom. The SMILES string of the molecule is CN(CC(=O)NC1CCCCC1)C(=O)c1ccco1. The predicted molar refractivity (Wildman–Crippen MR) is 70.7 cm³/mol. The molecular weight excluding hydrogens is 244 g/mol. The van der Waals surface area contributed by atoms with Crippen LogP contribution in [0.2, 0.25) is 0 Å². The van der Waals surface area contributed by atoms with Gasteiger partial charge in [0.25, 0.3) is 5.91 Å². The minimum absolute atomic E-state index is 0.0655. The lowest BCUT2D eigenvalue weighted by Gasteiger charge is -2.24. The molecule has 0 unspecified atom stereocenters. The van der Waals surface area contributed by atoms with Gasteiger partial charge < -0.3 is 14.6 Å². The summed E-state index contributed by atoms with van der Waals surface area (Å²) < 4.78 is 5.03. The molecule has 2 amide bonds. The van der Waals surface area contributed by atoms with Gasteiger partial charge in [-0.25, -0.2) is 0 Å². The van der Waals surface area contributed by atoms with Crippen LogP contribution in [0.3, 0.4) is 0 Å². The van der Waals surface area contributed by atoms with Crippen LogP contribution in [-0.4, -0.2) is 36.3 Å². The molecule has 1 N–H and O–H groups in total. The molecule has 104 valence electrons. The Morgan fingerprint density at radius 1 is 1.37 bits per heavy atom. The van der Waals surface area contributed by atoms with Crippen LogP contribution in [0, 0.1) is 0 Å². The second kappa shape index (κ2) is 6.41. The van der Waals surface area contributed by atoms with Crippen molar-refractivity contribution in [3.63, 3.8) is 0 Å². The highest BCUT2D eigenvalue weighted by molar-refractivity contribution is 5.94. The number of hydrogen-bond donors (Lipinski definition) is 1. The lowest BCUT2D eigenvalue weighted by atomic mass is 9.95. The van der Waals surface area contributed by atoms with Gasteiger partial charge in [0.15, 0.2) is 5.76 Å². The smallest absolute Gasteiger partial charge is 0.289 e. The van der Waals surface area contributed by atoms with Crippen LogP contribution in [0.25, 0.3) is 0 Å². The van der Waals surface area contributed by atoms with Gasteiger partial charge >= 0.3 is 0 Å². The molecule has 1 aliphatic carbocycles. The van der Waals surface area contributed by atoms with Gasteiger partial charge in [0.1, 0.15) is 0 Å². The number of carbonyl (C=O) groups is 2. The third kappa shape index (κ3) is 3.84. The van der Waals surface area contributed by atoms with Crippen LogP contribution < -0.4 is 5.32 Å². The number of amides is 2. The molecule has 0 bridgehead atoms. The van der Waals surface area contributed by atoms with E-state index < -0.39 is 0 Å². The van der Waals surface area contributed by atoms with Gasteiger partial charge in [-0.3, -0.25) is 9.59 Å². The molecule has 1 aliphatic rings. The molecule has 1 heterocycles. The van der Waals surface area contributed by atoms with Crippen molar-refractivity contribution in [3.05, 3.63) is 24.2 Å². The lowest BCUT2D eigenvalue weighted by Crippen LogP contribution is -2.43. The fourth-order valence-corrected chi connectivity index (χ4v) is 2.40. The summed E-state index contributed by atoms with van der Waals surface area (Å²) in [6, 6.07) is 3.52. The normalized spacial score (nSPS) is 16.1. The Labute approximate surface area is 113 Å². The molecule has 0 aliphatic heterocycles. The van der Waals surface area contributed by atoms with Crippen LogP contribution in [0.15, 0.2) is 22.8 Å². The van der Waals surface area contributed by atoms with E-state index in [0.717, 1.165) is 12.8 Å². The van der Waals surface area contributed by atoms with Crippen molar-refractivity contribution in [2.45, 2.75) is 38.1 Å². The number of likely N-dealkylation sites (N-methyl/N-ethyl adjacent to an activating group) is 1. The van der Waals surface area contributed by atoms with E-state index in [1.807, 2.05) is 0 Å². The monoisotopic (exact) mass is 264 g/mol. The molecule has 19 heavy (non-hydrogen) atoms. The molecule has 5 heteroatoms. The summed E-state index contributed by atoms with van der Waals surface area (Å²) in [5, 5.41) is 2.99. The Balaban J connectivity index is 1.79. The van der Waals surface area contributed by atoms with Crippen molar-refractivity contribution in [2.24, 2.45) is 0 Å².